The van der Waals surface area contributed by atoms with Crippen LogP contribution in [0.25, 0.3) is 0 Å². The van der Waals surface area contributed by atoms with Gasteiger partial charge in [0.05, 0.1) is 13.7 Å². The van der Waals surface area contributed by atoms with E-state index in [1.54, 1.807) is 7.11 Å². The van der Waals surface area contributed by atoms with Gasteiger partial charge in [-0.25, -0.2) is 0 Å². The van der Waals surface area contributed by atoms with E-state index >= 15 is 0 Å². The fourth-order valence-corrected chi connectivity index (χ4v) is 2.47. The Morgan fingerprint density at radius 1 is 1.17 bits per heavy atom. The predicted molar refractivity (Wildman–Crippen MR) is 74.8 cm³/mol. The Hall–Kier alpha value is -0.870. The van der Waals surface area contributed by atoms with Gasteiger partial charge in [-0.15, -0.1) is 0 Å². The summed E-state index contributed by atoms with van der Waals surface area (Å²) in [5, 5.41) is 0. The fourth-order valence-electron chi connectivity index (χ4n) is 2.06. The smallest absolute Gasteiger partial charge is 0.119 e. The van der Waals surface area contributed by atoms with Crippen LogP contribution in [0.1, 0.15) is 12.8 Å². The Morgan fingerprint density at radius 3 is 2.33 bits per heavy atom. The number of thiol groups is 1. The summed E-state index contributed by atoms with van der Waals surface area (Å²) in [4.78, 5) is 0. The molecule has 2 rings (SSSR count). The fraction of sp³-hybridized carbons (Fsp3) is 0.571. The highest BCUT2D eigenvalue weighted by molar-refractivity contribution is 7.80. The summed E-state index contributed by atoms with van der Waals surface area (Å²) in [5.41, 5.74) is 0.154. The monoisotopic (exact) mass is 268 g/mol. The van der Waals surface area contributed by atoms with Crippen LogP contribution in [0.3, 0.4) is 0 Å². The molecular formula is C14H20O3S. The van der Waals surface area contributed by atoms with Gasteiger partial charge in [0.2, 0.25) is 0 Å². The van der Waals surface area contributed by atoms with Crippen molar-refractivity contribution in [3.05, 3.63) is 24.3 Å². The molecule has 0 spiro atoms. The van der Waals surface area contributed by atoms with Crippen molar-refractivity contribution in [2.75, 3.05) is 32.7 Å². The van der Waals surface area contributed by atoms with Gasteiger partial charge in [-0.2, -0.15) is 12.6 Å². The third-order valence-corrected chi connectivity index (χ3v) is 4.16. The second-order valence-corrected chi connectivity index (χ2v) is 5.05. The summed E-state index contributed by atoms with van der Waals surface area (Å²) in [5.74, 6) is 2.56. The second-order valence-electron chi connectivity index (χ2n) is 4.73. The average Bonchev–Trinajstić information content (AvgIpc) is 2.47. The first kappa shape index (κ1) is 13.6. The van der Waals surface area contributed by atoms with Crippen LogP contribution in [0.2, 0.25) is 0 Å². The van der Waals surface area contributed by atoms with E-state index in [0.717, 1.165) is 43.3 Å². The maximum atomic E-state index is 5.88. The van der Waals surface area contributed by atoms with Crippen molar-refractivity contribution in [1.29, 1.82) is 0 Å². The van der Waals surface area contributed by atoms with Crippen molar-refractivity contribution in [2.24, 2.45) is 5.41 Å². The van der Waals surface area contributed by atoms with Crippen molar-refractivity contribution in [1.82, 2.24) is 0 Å². The molecule has 1 fully saturated rings. The summed E-state index contributed by atoms with van der Waals surface area (Å²) >= 11 is 4.47. The molecule has 0 saturated carbocycles. The lowest BCUT2D eigenvalue weighted by atomic mass is 9.83. The first-order valence-electron chi connectivity index (χ1n) is 6.23. The van der Waals surface area contributed by atoms with Crippen LogP contribution in [0.5, 0.6) is 11.5 Å². The van der Waals surface area contributed by atoms with E-state index in [9.17, 15) is 0 Å². The predicted octanol–water partition coefficient (Wildman–Crippen LogP) is 2.80. The van der Waals surface area contributed by atoms with Crippen LogP contribution >= 0.6 is 12.6 Å². The zero-order valence-corrected chi connectivity index (χ0v) is 11.6. The van der Waals surface area contributed by atoms with Crippen LogP contribution in [0.4, 0.5) is 0 Å². The molecule has 1 heterocycles. The zero-order valence-electron chi connectivity index (χ0n) is 10.7. The minimum absolute atomic E-state index is 0.154. The molecular weight excluding hydrogens is 248 g/mol. The molecule has 4 heteroatoms. The van der Waals surface area contributed by atoms with E-state index in [1.807, 2.05) is 24.3 Å². The molecule has 1 aliphatic rings. The van der Waals surface area contributed by atoms with Crippen LogP contribution < -0.4 is 9.47 Å². The number of methoxy groups -OCH3 is 1. The Labute approximate surface area is 114 Å². The van der Waals surface area contributed by atoms with Gasteiger partial charge in [-0.3, -0.25) is 0 Å². The minimum Gasteiger partial charge on any atom is -0.497 e. The van der Waals surface area contributed by atoms with Crippen molar-refractivity contribution in [3.63, 3.8) is 0 Å². The standard InChI is InChI=1S/C14H20O3S/c1-15-12-2-4-13(5-3-12)17-10-14(11-18)6-8-16-9-7-14/h2-5,18H,6-11H2,1H3. The third-order valence-electron chi connectivity index (χ3n) is 3.49. The lowest BCUT2D eigenvalue weighted by Gasteiger charge is -2.35. The largest absolute Gasteiger partial charge is 0.497 e. The molecule has 1 saturated heterocycles. The van der Waals surface area contributed by atoms with Gasteiger partial charge in [-0.05, 0) is 42.9 Å². The van der Waals surface area contributed by atoms with E-state index in [-0.39, 0.29) is 5.41 Å². The number of benzene rings is 1. The molecule has 100 valence electrons. The molecule has 0 amide bonds. The van der Waals surface area contributed by atoms with Crippen molar-refractivity contribution < 1.29 is 14.2 Å². The molecule has 3 nitrogen and oxygen atoms in total. The first-order chi connectivity index (χ1) is 8.78. The van der Waals surface area contributed by atoms with Gasteiger partial charge in [0.1, 0.15) is 11.5 Å². The van der Waals surface area contributed by atoms with Crippen LogP contribution in [0.15, 0.2) is 24.3 Å². The highest BCUT2D eigenvalue weighted by Crippen LogP contribution is 2.32. The van der Waals surface area contributed by atoms with Crippen LogP contribution in [-0.4, -0.2) is 32.7 Å². The summed E-state index contributed by atoms with van der Waals surface area (Å²) in [6.07, 6.45) is 2.04. The minimum atomic E-state index is 0.154. The molecule has 0 aromatic heterocycles. The van der Waals surface area contributed by atoms with Crippen molar-refractivity contribution in [2.45, 2.75) is 12.8 Å². The van der Waals surface area contributed by atoms with E-state index in [4.69, 9.17) is 14.2 Å². The van der Waals surface area contributed by atoms with E-state index in [2.05, 4.69) is 12.6 Å². The highest BCUT2D eigenvalue weighted by Gasteiger charge is 2.32. The molecule has 0 N–H and O–H groups in total. The van der Waals surface area contributed by atoms with E-state index in [1.165, 1.54) is 0 Å². The second kappa shape index (κ2) is 6.34. The van der Waals surface area contributed by atoms with Gasteiger partial charge in [0.25, 0.3) is 0 Å². The van der Waals surface area contributed by atoms with Gasteiger partial charge in [0.15, 0.2) is 0 Å². The topological polar surface area (TPSA) is 27.7 Å². The Morgan fingerprint density at radius 2 is 1.78 bits per heavy atom. The number of rotatable bonds is 5. The summed E-state index contributed by atoms with van der Waals surface area (Å²) in [6.45, 7) is 2.32. The quantitative estimate of drug-likeness (QED) is 0.832. The lowest BCUT2D eigenvalue weighted by Crippen LogP contribution is -2.36. The van der Waals surface area contributed by atoms with Crippen molar-refractivity contribution in [3.8, 4) is 11.5 Å². The van der Waals surface area contributed by atoms with Crippen molar-refractivity contribution >= 4 is 12.6 Å². The zero-order chi connectivity index (χ0) is 12.8. The molecule has 0 radical (unpaired) electrons. The highest BCUT2D eigenvalue weighted by atomic mass is 32.1. The molecule has 1 aliphatic heterocycles. The summed E-state index contributed by atoms with van der Waals surface area (Å²) < 4.78 is 16.4. The van der Waals surface area contributed by atoms with Gasteiger partial charge < -0.3 is 14.2 Å². The SMILES string of the molecule is COc1ccc(OCC2(CS)CCOCC2)cc1. The maximum Gasteiger partial charge on any atom is 0.119 e. The summed E-state index contributed by atoms with van der Waals surface area (Å²) in [7, 11) is 1.66. The molecule has 0 unspecified atom stereocenters. The van der Waals surface area contributed by atoms with E-state index < -0.39 is 0 Å². The maximum absolute atomic E-state index is 5.88. The number of hydrogen-bond donors (Lipinski definition) is 1. The average molecular weight is 268 g/mol. The summed E-state index contributed by atoms with van der Waals surface area (Å²) in [6, 6.07) is 7.69. The number of hydrogen-bond acceptors (Lipinski definition) is 4. The normalized spacial score (nSPS) is 18.3. The Bertz CT molecular complexity index is 358. The molecule has 0 bridgehead atoms. The molecule has 1 aromatic carbocycles. The lowest BCUT2D eigenvalue weighted by molar-refractivity contribution is 0.00310. The molecule has 0 aliphatic carbocycles. The first-order valence-corrected chi connectivity index (χ1v) is 6.87. The third kappa shape index (κ3) is 3.33. The molecule has 0 atom stereocenters. The number of ether oxygens (including phenoxy) is 3. The molecule has 18 heavy (non-hydrogen) atoms. The van der Waals surface area contributed by atoms with Gasteiger partial charge >= 0.3 is 0 Å². The Balaban J connectivity index is 1.92. The van der Waals surface area contributed by atoms with Crippen LogP contribution in [0, 0.1) is 5.41 Å². The molecule has 1 aromatic rings. The van der Waals surface area contributed by atoms with Crippen LogP contribution in [-0.2, 0) is 4.74 Å². The van der Waals surface area contributed by atoms with Gasteiger partial charge in [0, 0.05) is 18.6 Å². The van der Waals surface area contributed by atoms with Gasteiger partial charge in [-0.1, -0.05) is 0 Å². The van der Waals surface area contributed by atoms with E-state index in [0.29, 0.717) is 6.61 Å². The Kier molecular flexibility index (Phi) is 4.78.